The van der Waals surface area contributed by atoms with Crippen LogP contribution < -0.4 is 10.3 Å². The molecule has 0 aliphatic rings. The molecular formula is C21H20N2O4S. The van der Waals surface area contributed by atoms with Crippen LogP contribution in [-0.2, 0) is 10.0 Å². The van der Waals surface area contributed by atoms with Crippen LogP contribution in [0.1, 0.15) is 12.5 Å². The Morgan fingerprint density at radius 1 is 1.00 bits per heavy atom. The highest BCUT2D eigenvalue weighted by Gasteiger charge is 2.14. The van der Waals surface area contributed by atoms with Gasteiger partial charge >= 0.3 is 0 Å². The number of anilines is 1. The second-order valence-electron chi connectivity index (χ2n) is 6.56. The van der Waals surface area contributed by atoms with Crippen molar-refractivity contribution in [2.75, 3.05) is 11.0 Å². The lowest BCUT2D eigenvalue weighted by molar-refractivity contribution is 0.180. The van der Waals surface area contributed by atoms with Gasteiger partial charge < -0.3 is 5.21 Å². The smallest absolute Gasteiger partial charge is 0.283 e. The van der Waals surface area contributed by atoms with Crippen molar-refractivity contribution in [2.45, 2.75) is 6.92 Å². The van der Waals surface area contributed by atoms with Gasteiger partial charge in [-0.25, -0.2) is 8.42 Å². The van der Waals surface area contributed by atoms with E-state index in [1.165, 1.54) is 6.07 Å². The summed E-state index contributed by atoms with van der Waals surface area (Å²) >= 11 is 0. The van der Waals surface area contributed by atoms with Crippen molar-refractivity contribution in [2.24, 2.45) is 0 Å². The molecule has 0 radical (unpaired) electrons. The Morgan fingerprint density at radius 3 is 2.29 bits per heavy atom. The minimum atomic E-state index is -3.52. The first-order valence-electron chi connectivity index (χ1n) is 8.45. The number of hydrogen-bond acceptors (Lipinski definition) is 4. The zero-order valence-electron chi connectivity index (χ0n) is 15.5. The van der Waals surface area contributed by atoms with Crippen molar-refractivity contribution in [3.8, 4) is 22.4 Å². The Bertz CT molecular complexity index is 1210. The molecule has 3 aromatic rings. The van der Waals surface area contributed by atoms with Crippen LogP contribution in [0.4, 0.5) is 5.69 Å². The molecule has 0 saturated heterocycles. The van der Waals surface area contributed by atoms with Gasteiger partial charge in [-0.1, -0.05) is 49.0 Å². The highest BCUT2D eigenvalue weighted by atomic mass is 32.2. The van der Waals surface area contributed by atoms with Gasteiger partial charge in [-0.05, 0) is 35.8 Å². The molecule has 0 bridgehead atoms. The van der Waals surface area contributed by atoms with Crippen LogP contribution >= 0.6 is 0 Å². The summed E-state index contributed by atoms with van der Waals surface area (Å²) in [7, 11) is -3.52. The van der Waals surface area contributed by atoms with Crippen molar-refractivity contribution >= 4 is 21.3 Å². The molecule has 0 saturated carbocycles. The van der Waals surface area contributed by atoms with Crippen molar-refractivity contribution < 1.29 is 13.6 Å². The lowest BCUT2D eigenvalue weighted by atomic mass is 10.00. The van der Waals surface area contributed by atoms with Crippen molar-refractivity contribution in [3.63, 3.8) is 0 Å². The van der Waals surface area contributed by atoms with Crippen LogP contribution in [0.25, 0.3) is 28.0 Å². The van der Waals surface area contributed by atoms with E-state index in [-0.39, 0.29) is 5.69 Å². The molecule has 2 aromatic carbocycles. The highest BCUT2D eigenvalue weighted by Crippen LogP contribution is 2.31. The van der Waals surface area contributed by atoms with Crippen molar-refractivity contribution in [1.29, 1.82) is 0 Å². The van der Waals surface area contributed by atoms with Gasteiger partial charge in [0.25, 0.3) is 5.56 Å². The summed E-state index contributed by atoms with van der Waals surface area (Å²) in [6.07, 6.45) is 1.06. The molecule has 3 rings (SSSR count). The van der Waals surface area contributed by atoms with Gasteiger partial charge in [-0.2, -0.15) is 0 Å². The number of hydrogen-bond donors (Lipinski definition) is 2. The Kier molecular flexibility index (Phi) is 5.11. The molecule has 0 spiro atoms. The van der Waals surface area contributed by atoms with Gasteiger partial charge in [0, 0.05) is 17.2 Å². The quantitative estimate of drug-likeness (QED) is 0.642. The lowest BCUT2D eigenvalue weighted by Crippen LogP contribution is -2.18. The maximum absolute atomic E-state index is 12.3. The number of aromatic nitrogens is 1. The summed E-state index contributed by atoms with van der Waals surface area (Å²) in [6.45, 7) is 5.63. The molecule has 0 fully saturated rings. The van der Waals surface area contributed by atoms with E-state index in [2.05, 4.69) is 11.3 Å². The summed E-state index contributed by atoms with van der Waals surface area (Å²) < 4.78 is 26.5. The first-order chi connectivity index (χ1) is 13.2. The molecule has 1 aromatic heterocycles. The number of allylic oxidation sites excluding steroid dienone is 1. The third kappa shape index (κ3) is 4.15. The monoisotopic (exact) mass is 396 g/mol. The largest absolute Gasteiger partial charge is 0.425 e. The van der Waals surface area contributed by atoms with Crippen LogP contribution in [0.5, 0.6) is 0 Å². The second-order valence-corrected chi connectivity index (χ2v) is 8.31. The maximum atomic E-state index is 12.3. The molecule has 2 N–H and O–H groups in total. The van der Waals surface area contributed by atoms with Crippen molar-refractivity contribution in [3.05, 3.63) is 83.2 Å². The van der Waals surface area contributed by atoms with Crippen LogP contribution in [-0.4, -0.2) is 24.6 Å². The van der Waals surface area contributed by atoms with Crippen LogP contribution in [0.2, 0.25) is 0 Å². The van der Waals surface area contributed by atoms with Gasteiger partial charge in [-0.3, -0.25) is 9.52 Å². The van der Waals surface area contributed by atoms with Crippen LogP contribution in [0, 0.1) is 0 Å². The topological polar surface area (TPSA) is 88.4 Å². The van der Waals surface area contributed by atoms with E-state index in [4.69, 9.17) is 0 Å². The normalized spacial score (nSPS) is 11.2. The van der Waals surface area contributed by atoms with Gasteiger partial charge in [0.15, 0.2) is 0 Å². The summed E-state index contributed by atoms with van der Waals surface area (Å²) in [6, 6.07) is 17.3. The average molecular weight is 396 g/mol. The fourth-order valence-electron chi connectivity index (χ4n) is 2.93. The molecule has 0 atom stereocenters. The fourth-order valence-corrected chi connectivity index (χ4v) is 3.49. The van der Waals surface area contributed by atoms with E-state index >= 15 is 0 Å². The molecular weight excluding hydrogens is 376 g/mol. The molecule has 1 heterocycles. The van der Waals surface area contributed by atoms with E-state index in [0.29, 0.717) is 32.7 Å². The predicted molar refractivity (Wildman–Crippen MR) is 112 cm³/mol. The first kappa shape index (κ1) is 19.4. The predicted octanol–water partition coefficient (Wildman–Crippen LogP) is 3.82. The van der Waals surface area contributed by atoms with E-state index in [1.54, 1.807) is 31.2 Å². The number of nitrogens with zero attached hydrogens (tertiary/aromatic N) is 1. The summed E-state index contributed by atoms with van der Waals surface area (Å²) in [5, 5.41) is 10.3. The van der Waals surface area contributed by atoms with E-state index < -0.39 is 15.6 Å². The Labute approximate surface area is 163 Å². The lowest BCUT2D eigenvalue weighted by Gasteiger charge is -2.15. The standard InChI is InChI=1S/C21H20N2O4S/c1-14(2)18-10-9-16(11-19(18)22-28(3,26)27)20-12-17(13-21(24)23(20)25)15-7-5-4-6-8-15/h4-13,22,25H,1H2,2-3H3. The van der Waals surface area contributed by atoms with Gasteiger partial charge in [0.1, 0.15) is 0 Å². The fraction of sp³-hybridized carbons (Fsp3) is 0.0952. The Hall–Kier alpha value is -3.32. The SMILES string of the molecule is C=C(C)c1ccc(-c2cc(-c3ccccc3)cc(=O)n2O)cc1NS(C)(=O)=O. The minimum Gasteiger partial charge on any atom is -0.425 e. The molecule has 0 unspecified atom stereocenters. The van der Waals surface area contributed by atoms with E-state index in [9.17, 15) is 18.4 Å². The minimum absolute atomic E-state index is 0.246. The average Bonchev–Trinajstić information content (AvgIpc) is 2.63. The first-order valence-corrected chi connectivity index (χ1v) is 10.3. The number of nitrogens with one attached hydrogen (secondary N) is 1. The third-order valence-electron chi connectivity index (χ3n) is 4.19. The molecule has 0 aliphatic heterocycles. The number of benzene rings is 2. The summed E-state index contributed by atoms with van der Waals surface area (Å²) in [5.41, 5.74) is 3.24. The molecule has 6 nitrogen and oxygen atoms in total. The number of rotatable bonds is 5. The molecule has 7 heteroatoms. The van der Waals surface area contributed by atoms with Gasteiger partial charge in [0.2, 0.25) is 10.0 Å². The number of sulfonamides is 1. The van der Waals surface area contributed by atoms with E-state index in [0.717, 1.165) is 11.8 Å². The molecule has 0 aliphatic carbocycles. The summed E-state index contributed by atoms with van der Waals surface area (Å²) in [5.74, 6) is 0. The maximum Gasteiger partial charge on any atom is 0.283 e. The van der Waals surface area contributed by atoms with Gasteiger partial charge in [0.05, 0.1) is 17.6 Å². The Morgan fingerprint density at radius 2 is 1.68 bits per heavy atom. The molecule has 0 amide bonds. The van der Waals surface area contributed by atoms with Crippen LogP contribution in [0.15, 0.2) is 72.0 Å². The van der Waals surface area contributed by atoms with Gasteiger partial charge in [-0.15, -0.1) is 4.73 Å². The summed E-state index contributed by atoms with van der Waals surface area (Å²) in [4.78, 5) is 12.3. The van der Waals surface area contributed by atoms with Crippen molar-refractivity contribution in [1.82, 2.24) is 4.73 Å². The molecule has 28 heavy (non-hydrogen) atoms. The Balaban J connectivity index is 2.21. The second kappa shape index (κ2) is 7.36. The zero-order valence-corrected chi connectivity index (χ0v) is 16.3. The number of pyridine rings is 1. The molecule has 144 valence electrons. The third-order valence-corrected chi connectivity index (χ3v) is 4.78. The highest BCUT2D eigenvalue weighted by molar-refractivity contribution is 7.92. The zero-order chi connectivity index (χ0) is 20.5. The van der Waals surface area contributed by atoms with E-state index in [1.807, 2.05) is 30.3 Å². The van der Waals surface area contributed by atoms with Crippen LogP contribution in [0.3, 0.4) is 0 Å².